The number of hydrogen-bond acceptors (Lipinski definition) is 7. The number of β-amino-alcohol motifs (C(OH)–C–C–N with tert-alkyl or cyclic N) is 1. The molecule has 0 unspecified atom stereocenters. The molecular formula is C31H42N4O5. The molecule has 1 aliphatic heterocycles. The van der Waals surface area contributed by atoms with Crippen molar-refractivity contribution in [3.05, 3.63) is 71.8 Å². The number of benzene rings is 2. The summed E-state index contributed by atoms with van der Waals surface area (Å²) in [6.45, 7) is 9.54. The maximum Gasteiger partial charge on any atom is 0.219 e. The molecule has 4 rings (SSSR count). The first-order chi connectivity index (χ1) is 19.3. The molecule has 9 heteroatoms. The smallest absolute Gasteiger partial charge is 0.219 e. The van der Waals surface area contributed by atoms with Crippen molar-refractivity contribution in [2.45, 2.75) is 52.3 Å². The van der Waals surface area contributed by atoms with Crippen LogP contribution in [-0.2, 0) is 24.3 Å². The van der Waals surface area contributed by atoms with Gasteiger partial charge in [-0.05, 0) is 43.2 Å². The maximum absolute atomic E-state index is 12.3. The van der Waals surface area contributed by atoms with E-state index in [9.17, 15) is 9.90 Å². The van der Waals surface area contributed by atoms with Crippen LogP contribution in [0.5, 0.6) is 17.2 Å². The third kappa shape index (κ3) is 7.99. The molecule has 216 valence electrons. The van der Waals surface area contributed by atoms with Gasteiger partial charge in [0.25, 0.3) is 0 Å². The molecule has 40 heavy (non-hydrogen) atoms. The quantitative estimate of drug-likeness (QED) is 0.344. The molecule has 0 saturated carbocycles. The lowest BCUT2D eigenvalue weighted by molar-refractivity contribution is -0.132. The van der Waals surface area contributed by atoms with Gasteiger partial charge < -0.3 is 28.8 Å². The molecule has 1 atom stereocenters. The summed E-state index contributed by atoms with van der Waals surface area (Å²) in [5, 5.41) is 11.6. The Morgan fingerprint density at radius 3 is 2.60 bits per heavy atom. The number of imidazole rings is 1. The highest BCUT2D eigenvalue weighted by molar-refractivity contribution is 5.73. The van der Waals surface area contributed by atoms with Gasteiger partial charge in [0.05, 0.1) is 20.3 Å². The van der Waals surface area contributed by atoms with Gasteiger partial charge in [0.2, 0.25) is 5.91 Å². The van der Waals surface area contributed by atoms with Crippen LogP contribution >= 0.6 is 0 Å². The van der Waals surface area contributed by atoms with Gasteiger partial charge in [0.15, 0.2) is 11.5 Å². The first-order valence-corrected chi connectivity index (χ1v) is 14.0. The summed E-state index contributed by atoms with van der Waals surface area (Å²) in [6, 6.07) is 13.7. The van der Waals surface area contributed by atoms with Gasteiger partial charge in [0, 0.05) is 58.5 Å². The maximum atomic E-state index is 12.3. The highest BCUT2D eigenvalue weighted by Gasteiger charge is 2.37. The van der Waals surface area contributed by atoms with Crippen molar-refractivity contribution in [3.63, 3.8) is 0 Å². The van der Waals surface area contributed by atoms with Crippen LogP contribution in [0.3, 0.4) is 0 Å². The lowest BCUT2D eigenvalue weighted by atomic mass is 10.0. The van der Waals surface area contributed by atoms with E-state index >= 15 is 0 Å². The highest BCUT2D eigenvalue weighted by Crippen LogP contribution is 2.29. The minimum Gasteiger partial charge on any atom is -0.493 e. The van der Waals surface area contributed by atoms with E-state index in [1.807, 2.05) is 61.8 Å². The Hall–Kier alpha value is -3.56. The van der Waals surface area contributed by atoms with Crippen molar-refractivity contribution in [2.75, 3.05) is 46.5 Å². The van der Waals surface area contributed by atoms with Crippen molar-refractivity contribution in [3.8, 4) is 17.2 Å². The number of aryl methyl sites for hydroxylation is 3. The van der Waals surface area contributed by atoms with E-state index < -0.39 is 5.60 Å². The SMILES string of the molecule is CCc1nccn1CCCOc1ccc(CN2CCN(C(C)=O)C[C@](O)(COc3ccc(C)cc3)C2)cc1OC. The molecule has 1 saturated heterocycles. The topological polar surface area (TPSA) is 89.3 Å². The van der Waals surface area contributed by atoms with Crippen molar-refractivity contribution in [1.29, 1.82) is 0 Å². The van der Waals surface area contributed by atoms with E-state index in [-0.39, 0.29) is 19.1 Å². The number of rotatable bonds is 12. The Balaban J connectivity index is 1.38. The van der Waals surface area contributed by atoms with Gasteiger partial charge in [-0.1, -0.05) is 30.7 Å². The Morgan fingerprint density at radius 2 is 1.88 bits per heavy atom. The summed E-state index contributed by atoms with van der Waals surface area (Å²) in [5.41, 5.74) is 0.960. The number of nitrogens with zero attached hydrogens (tertiary/aromatic N) is 4. The summed E-state index contributed by atoms with van der Waals surface area (Å²) >= 11 is 0. The average Bonchev–Trinajstić information content (AvgIpc) is 3.33. The van der Waals surface area contributed by atoms with Crippen LogP contribution in [-0.4, -0.2) is 82.5 Å². The minimum atomic E-state index is -1.22. The van der Waals surface area contributed by atoms with Crippen LogP contribution in [0.15, 0.2) is 54.9 Å². The zero-order chi connectivity index (χ0) is 28.5. The van der Waals surface area contributed by atoms with Gasteiger partial charge in [-0.2, -0.15) is 0 Å². The Kier molecular flexibility index (Phi) is 10.1. The zero-order valence-electron chi connectivity index (χ0n) is 24.1. The molecule has 0 radical (unpaired) electrons. The normalized spacial score (nSPS) is 17.9. The van der Waals surface area contributed by atoms with E-state index in [0.717, 1.165) is 36.3 Å². The molecule has 1 fully saturated rings. The highest BCUT2D eigenvalue weighted by atomic mass is 16.5. The Morgan fingerprint density at radius 1 is 1.07 bits per heavy atom. The molecular weight excluding hydrogens is 508 g/mol. The molecule has 0 aliphatic carbocycles. The van der Waals surface area contributed by atoms with Crippen LogP contribution in [0.1, 0.15) is 37.2 Å². The lowest BCUT2D eigenvalue weighted by Gasteiger charge is -2.32. The van der Waals surface area contributed by atoms with Crippen LogP contribution in [0.4, 0.5) is 0 Å². The fourth-order valence-electron chi connectivity index (χ4n) is 5.05. The summed E-state index contributed by atoms with van der Waals surface area (Å²) < 4.78 is 19.8. The van der Waals surface area contributed by atoms with E-state index in [2.05, 4.69) is 21.4 Å². The molecule has 3 aromatic rings. The number of ether oxygens (including phenoxy) is 3. The largest absolute Gasteiger partial charge is 0.493 e. The molecule has 2 aromatic carbocycles. The van der Waals surface area contributed by atoms with E-state index in [1.165, 1.54) is 0 Å². The first-order valence-electron chi connectivity index (χ1n) is 14.0. The van der Waals surface area contributed by atoms with Crippen LogP contribution in [0.25, 0.3) is 0 Å². The van der Waals surface area contributed by atoms with E-state index in [1.54, 1.807) is 18.9 Å². The second-order valence-electron chi connectivity index (χ2n) is 10.6. The third-order valence-electron chi connectivity index (χ3n) is 7.22. The van der Waals surface area contributed by atoms with Gasteiger partial charge in [-0.3, -0.25) is 9.69 Å². The molecule has 9 nitrogen and oxygen atoms in total. The fourth-order valence-corrected chi connectivity index (χ4v) is 5.05. The number of hydrogen-bond donors (Lipinski definition) is 1. The first kappa shape index (κ1) is 29.4. The summed E-state index contributed by atoms with van der Waals surface area (Å²) in [7, 11) is 1.64. The monoisotopic (exact) mass is 550 g/mol. The zero-order valence-corrected chi connectivity index (χ0v) is 24.1. The molecule has 0 bridgehead atoms. The number of carbonyl (C=O) groups excluding carboxylic acids is 1. The number of aromatic nitrogens is 2. The number of aliphatic hydroxyl groups is 1. The predicted octanol–water partition coefficient (Wildman–Crippen LogP) is 3.71. The molecule has 0 spiro atoms. The molecule has 2 heterocycles. The molecule has 1 aliphatic rings. The number of carbonyl (C=O) groups is 1. The van der Waals surface area contributed by atoms with Crippen molar-refractivity contribution >= 4 is 5.91 Å². The van der Waals surface area contributed by atoms with Crippen LogP contribution in [0, 0.1) is 6.92 Å². The summed E-state index contributed by atoms with van der Waals surface area (Å²) in [5.74, 6) is 3.09. The van der Waals surface area contributed by atoms with Gasteiger partial charge >= 0.3 is 0 Å². The van der Waals surface area contributed by atoms with Crippen molar-refractivity contribution in [2.24, 2.45) is 0 Å². The van der Waals surface area contributed by atoms with Crippen LogP contribution in [0.2, 0.25) is 0 Å². The van der Waals surface area contributed by atoms with E-state index in [4.69, 9.17) is 14.2 Å². The van der Waals surface area contributed by atoms with Gasteiger partial charge in [-0.15, -0.1) is 0 Å². The summed E-state index contributed by atoms with van der Waals surface area (Å²) in [6.07, 6.45) is 5.60. The molecule has 1 amide bonds. The van der Waals surface area contributed by atoms with Gasteiger partial charge in [-0.25, -0.2) is 4.98 Å². The summed E-state index contributed by atoms with van der Waals surface area (Å²) in [4.78, 5) is 20.5. The van der Waals surface area contributed by atoms with E-state index in [0.29, 0.717) is 50.0 Å². The molecule has 1 aromatic heterocycles. The minimum absolute atomic E-state index is 0.0576. The second-order valence-corrected chi connectivity index (χ2v) is 10.6. The average molecular weight is 551 g/mol. The fraction of sp³-hybridized carbons (Fsp3) is 0.484. The number of amides is 1. The standard InChI is InChI=1S/C31H42N4O5/c1-5-30-32-13-15-34(30)14-6-18-39-28-12-9-26(19-29(28)38-4)20-33-16-17-35(25(3)36)22-31(37,21-33)23-40-27-10-7-24(2)8-11-27/h7-13,15,19,37H,5-6,14,16-18,20-23H2,1-4H3/t31-/m0/s1. The third-order valence-corrected chi connectivity index (χ3v) is 7.22. The Bertz CT molecular complexity index is 1240. The van der Waals surface area contributed by atoms with Crippen molar-refractivity contribution in [1.82, 2.24) is 19.4 Å². The van der Waals surface area contributed by atoms with Crippen LogP contribution < -0.4 is 14.2 Å². The number of methoxy groups -OCH3 is 1. The lowest BCUT2D eigenvalue weighted by Crippen LogP contribution is -2.51. The van der Waals surface area contributed by atoms with Gasteiger partial charge in [0.1, 0.15) is 23.8 Å². The predicted molar refractivity (Wildman–Crippen MR) is 154 cm³/mol. The second kappa shape index (κ2) is 13.7. The molecule has 1 N–H and O–H groups in total. The van der Waals surface area contributed by atoms with Crippen molar-refractivity contribution < 1.29 is 24.1 Å². The Labute approximate surface area is 237 Å².